The number of aryl methyl sites for hydroxylation is 2. The molecule has 3 aromatic heterocycles. The highest BCUT2D eigenvalue weighted by Gasteiger charge is 2.37. The molecule has 3 aromatic carbocycles. The fourth-order valence-electron chi connectivity index (χ4n) is 11.2. The van der Waals surface area contributed by atoms with Gasteiger partial charge in [0.1, 0.15) is 17.6 Å². The number of rotatable bonds is 25. The van der Waals surface area contributed by atoms with Crippen molar-refractivity contribution < 1.29 is 28.0 Å². The van der Waals surface area contributed by atoms with Crippen molar-refractivity contribution in [2.24, 2.45) is 11.8 Å². The second kappa shape index (κ2) is 28.2. The fraction of sp³-hybridized carbons (Fsp3) is 0.439. The highest BCUT2D eigenvalue weighted by atomic mass is 35.5. The summed E-state index contributed by atoms with van der Waals surface area (Å²) in [5.74, 6) is -0.525. The molecular weight excluding hydrogens is 1070 g/mol. The van der Waals surface area contributed by atoms with Crippen molar-refractivity contribution in [3.63, 3.8) is 0 Å². The van der Waals surface area contributed by atoms with E-state index < -0.39 is 36.0 Å². The van der Waals surface area contributed by atoms with Crippen LogP contribution < -0.4 is 11.1 Å². The Morgan fingerprint density at radius 2 is 1.26 bits per heavy atom. The van der Waals surface area contributed by atoms with Gasteiger partial charge in [0.2, 0.25) is 0 Å². The first kappa shape index (κ1) is 62.4. The van der Waals surface area contributed by atoms with Gasteiger partial charge in [0.25, 0.3) is 17.5 Å². The Hall–Kier alpha value is -6.25. The molecule has 6 atom stereocenters. The monoisotopic (exact) mass is 1140 g/mol. The van der Waals surface area contributed by atoms with Gasteiger partial charge in [-0.15, -0.1) is 0 Å². The van der Waals surface area contributed by atoms with Gasteiger partial charge in [-0.3, -0.25) is 29.1 Å². The Labute approximate surface area is 485 Å². The number of carbonyl (C=O) groups is 4. The van der Waals surface area contributed by atoms with Crippen molar-refractivity contribution in [1.29, 1.82) is 0 Å². The highest BCUT2D eigenvalue weighted by molar-refractivity contribution is 6.34. The van der Waals surface area contributed by atoms with E-state index in [1.165, 1.54) is 23.8 Å². The molecule has 6 aromatic rings. The zero-order chi connectivity index (χ0) is 58.8. The van der Waals surface area contributed by atoms with Crippen LogP contribution in [0.25, 0.3) is 22.3 Å². The third-order valence-electron chi connectivity index (χ3n) is 16.0. The molecule has 430 valence electrons. The van der Waals surface area contributed by atoms with Crippen LogP contribution in [0.2, 0.25) is 10.0 Å². The largest absolute Gasteiger partial charge is 0.305 e. The van der Waals surface area contributed by atoms with Gasteiger partial charge in [0.05, 0.1) is 12.1 Å². The lowest BCUT2D eigenvalue weighted by atomic mass is 9.85. The molecule has 2 fully saturated rings. The molecule has 2 unspecified atom stereocenters. The number of benzene rings is 3. The van der Waals surface area contributed by atoms with Crippen LogP contribution in [0.15, 0.2) is 125 Å². The Morgan fingerprint density at radius 3 is 1.80 bits per heavy atom. The summed E-state index contributed by atoms with van der Waals surface area (Å²) in [7, 11) is 4.00. The molecule has 0 spiro atoms. The number of halogens is 4. The van der Waals surface area contributed by atoms with E-state index in [-0.39, 0.29) is 77.8 Å². The number of ketones is 4. The highest BCUT2D eigenvalue weighted by Crippen LogP contribution is 2.41. The van der Waals surface area contributed by atoms with Crippen molar-refractivity contribution in [1.82, 2.24) is 23.9 Å². The molecule has 1 aliphatic heterocycles. The summed E-state index contributed by atoms with van der Waals surface area (Å²) in [5, 5.41) is 1.24. The molecule has 0 bridgehead atoms. The molecule has 81 heavy (non-hydrogen) atoms. The Balaban J connectivity index is 0.000000234. The predicted molar refractivity (Wildman–Crippen MR) is 320 cm³/mol. The van der Waals surface area contributed by atoms with E-state index in [1.807, 2.05) is 109 Å². The van der Waals surface area contributed by atoms with E-state index >= 15 is 0 Å². The van der Waals surface area contributed by atoms with Crippen LogP contribution in [0.3, 0.4) is 0 Å². The Bertz CT molecular complexity index is 3290. The number of pyridine rings is 3. The van der Waals surface area contributed by atoms with Gasteiger partial charge in [0.15, 0.2) is 11.6 Å². The maximum atomic E-state index is 14.1. The summed E-state index contributed by atoms with van der Waals surface area (Å²) < 4.78 is 31.2. The molecular formula is C66H77Cl2F2N5O6. The molecule has 0 radical (unpaired) electrons. The number of alkyl halides is 2. The summed E-state index contributed by atoms with van der Waals surface area (Å²) in [6.07, 6.45) is 8.56. The van der Waals surface area contributed by atoms with E-state index in [4.69, 9.17) is 23.2 Å². The Kier molecular flexibility index (Phi) is 21.7. The lowest BCUT2D eigenvalue weighted by molar-refractivity contribution is -0.124. The van der Waals surface area contributed by atoms with E-state index in [9.17, 15) is 37.5 Å². The summed E-state index contributed by atoms with van der Waals surface area (Å²) in [6.45, 7) is 14.0. The van der Waals surface area contributed by atoms with E-state index in [0.717, 1.165) is 69.3 Å². The van der Waals surface area contributed by atoms with Gasteiger partial charge in [-0.05, 0) is 149 Å². The fourth-order valence-corrected chi connectivity index (χ4v) is 11.8. The van der Waals surface area contributed by atoms with Crippen LogP contribution in [0.4, 0.5) is 8.78 Å². The zero-order valence-corrected chi connectivity index (χ0v) is 49.7. The number of nitrogens with zero attached hydrogens (tertiary/aromatic N) is 5. The van der Waals surface area contributed by atoms with Crippen LogP contribution in [-0.2, 0) is 19.2 Å². The second-order valence-corrected chi connectivity index (χ2v) is 23.9. The molecule has 0 N–H and O–H groups in total. The molecule has 11 nitrogen and oxygen atoms in total. The zero-order valence-electron chi connectivity index (χ0n) is 48.1. The van der Waals surface area contributed by atoms with E-state index in [2.05, 4.69) is 22.9 Å². The number of aromatic nitrogens is 3. The van der Waals surface area contributed by atoms with Crippen LogP contribution in [0.5, 0.6) is 0 Å². The maximum Gasteiger partial charge on any atom is 0.258 e. The molecule has 1 saturated carbocycles. The molecule has 1 saturated heterocycles. The normalized spacial score (nSPS) is 15.8. The minimum absolute atomic E-state index is 0.000975. The van der Waals surface area contributed by atoms with Gasteiger partial charge in [-0.2, -0.15) is 0 Å². The molecule has 15 heteroatoms. The predicted octanol–water partition coefficient (Wildman–Crippen LogP) is 14.4. The topological polar surface area (TPSA) is 132 Å². The third kappa shape index (κ3) is 16.1. The number of Topliss-reactive ketones (excluding diaryl/α,β-unsaturated/α-hetero) is 4. The summed E-state index contributed by atoms with van der Waals surface area (Å²) in [5.41, 5.74) is 7.48. The van der Waals surface area contributed by atoms with Crippen molar-refractivity contribution in [3.05, 3.63) is 180 Å². The number of carbonyl (C=O) groups excluding carboxylic acids is 4. The minimum atomic E-state index is -2.73. The molecule has 2 aliphatic rings. The van der Waals surface area contributed by atoms with Crippen LogP contribution in [0, 0.1) is 25.7 Å². The van der Waals surface area contributed by atoms with Crippen molar-refractivity contribution in [3.8, 4) is 22.3 Å². The molecule has 8 rings (SSSR count). The molecule has 1 aliphatic carbocycles. The average molecular weight is 1150 g/mol. The van der Waals surface area contributed by atoms with Gasteiger partial charge in [-0.25, -0.2) is 8.78 Å². The first-order chi connectivity index (χ1) is 38.5. The van der Waals surface area contributed by atoms with Crippen molar-refractivity contribution in [2.75, 3.05) is 27.2 Å². The quantitative estimate of drug-likeness (QED) is 0.0550. The summed E-state index contributed by atoms with van der Waals surface area (Å²) in [4.78, 5) is 87.5. The summed E-state index contributed by atoms with van der Waals surface area (Å²) >= 11 is 13.1. The SMILES string of the molecule is CC(=O)C[C@H](CC(=O)[C@H](CC(C)C)n1cccc(C(C(F)F)N2CCC2)c1=O)c1cncc(-c2c(C)cccc2Cl)c1.CC(=O)C[C@H](CC(=O)[C@H](CC1CC1)n1cc(C(C)N(C)C)ccc1=O)c1cccc(-c2c(C)cccc2Cl)c1. The van der Waals surface area contributed by atoms with Gasteiger partial charge in [-0.1, -0.05) is 111 Å². The van der Waals surface area contributed by atoms with Crippen molar-refractivity contribution in [2.45, 2.75) is 149 Å². The van der Waals surface area contributed by atoms with E-state index in [1.54, 1.807) is 47.0 Å². The standard InChI is InChI=1S/C33H38ClF2N3O3.C33H39ClN2O3/c1-20(2)14-28(39-13-6-9-26(33(39)42)31(32(35)36)38-11-7-12-38)29(41)17-23(15-22(4)40)24-16-25(19-37-18-24)30-21(3)8-5-10-27(30)34;1-21-8-6-11-29(34)33(21)26-10-7-9-25(18-26)28(16-22(2)37)19-31(38)30(17-24-12-13-24)36-20-27(14-15-32(36)39)23(3)35(4)5/h5-6,8-10,13,16,18-20,23,28,31-32H,7,11-12,14-15,17H2,1-4H3;6-11,14-15,18,20,23-24,28,30H,12-13,16-17,19H2,1-5H3/t23-,28+,31?;23?,28-,30+/m11/s1. The lowest BCUT2D eigenvalue weighted by Gasteiger charge is -2.38. The van der Waals surface area contributed by atoms with Gasteiger partial charge in [0, 0.05) is 108 Å². The maximum absolute atomic E-state index is 14.1. The van der Waals surface area contributed by atoms with E-state index in [0.29, 0.717) is 41.9 Å². The van der Waals surface area contributed by atoms with Crippen LogP contribution in [0.1, 0.15) is 162 Å². The molecule has 4 heterocycles. The summed E-state index contributed by atoms with van der Waals surface area (Å²) in [6, 6.07) is 25.2. The Morgan fingerprint density at radius 1 is 0.679 bits per heavy atom. The smallest absolute Gasteiger partial charge is 0.258 e. The number of hydrogen-bond acceptors (Lipinski definition) is 9. The van der Waals surface area contributed by atoms with Gasteiger partial charge >= 0.3 is 0 Å². The molecule has 0 amide bonds. The average Bonchev–Trinajstić information content (AvgIpc) is 4.39. The van der Waals surface area contributed by atoms with Gasteiger partial charge < -0.3 is 23.6 Å². The first-order valence-electron chi connectivity index (χ1n) is 28.2. The lowest BCUT2D eigenvalue weighted by Crippen LogP contribution is -2.46. The van der Waals surface area contributed by atoms with Crippen LogP contribution in [-0.4, -0.2) is 80.7 Å². The first-order valence-corrected chi connectivity index (χ1v) is 29.0. The van der Waals surface area contributed by atoms with Crippen molar-refractivity contribution >= 4 is 46.3 Å². The van der Waals surface area contributed by atoms with Crippen LogP contribution >= 0.6 is 23.2 Å². The number of hydrogen-bond donors (Lipinski definition) is 0. The second-order valence-electron chi connectivity index (χ2n) is 23.1. The number of likely N-dealkylation sites (tertiary alicyclic amines) is 1. The minimum Gasteiger partial charge on any atom is -0.305 e. The third-order valence-corrected chi connectivity index (χ3v) is 16.6.